The van der Waals surface area contributed by atoms with Crippen molar-refractivity contribution in [3.05, 3.63) is 11.6 Å². The number of carbonyl (C=O) groups excluding carboxylic acids is 1. The smallest absolute Gasteiger partial charge is 0.315 e. The van der Waals surface area contributed by atoms with E-state index in [0.717, 1.165) is 38.5 Å². The van der Waals surface area contributed by atoms with Crippen LogP contribution in [0.15, 0.2) is 11.6 Å². The first-order valence-corrected chi connectivity index (χ1v) is 31.1. The quantitative estimate of drug-likeness (QED) is 0.0531. The Hall–Kier alpha value is -1.75. The van der Waals surface area contributed by atoms with Gasteiger partial charge in [0.05, 0.1) is 43.5 Å². The van der Waals surface area contributed by atoms with Gasteiger partial charge in [-0.15, -0.1) is 0 Å². The van der Waals surface area contributed by atoms with Crippen LogP contribution in [-0.2, 0) is 52.2 Å². The van der Waals surface area contributed by atoms with Gasteiger partial charge in [0, 0.05) is 0 Å². The predicted molar refractivity (Wildman–Crippen MR) is 293 cm³/mol. The minimum absolute atomic E-state index is 0.0910. The average Bonchev–Trinajstić information content (AvgIpc) is 0.682. The van der Waals surface area contributed by atoms with E-state index >= 15 is 0 Å². The second-order valence-corrected chi connectivity index (χ2v) is 29.1. The Kier molecular flexibility index (Phi) is 19.2. The summed E-state index contributed by atoms with van der Waals surface area (Å²) in [4.78, 5) is 14.8. The number of rotatable bonds is 13. The number of aliphatic hydroxyl groups is 15. The molecule has 0 radical (unpaired) electrons. The van der Waals surface area contributed by atoms with Crippen LogP contribution in [0, 0.1) is 50.2 Å². The number of hydrogen-bond donors (Lipinski definition) is 15. The number of hydrogen-bond acceptors (Lipinski definition) is 26. The molecular weight excluding hydrogens is 1140 g/mol. The molecule has 26 nitrogen and oxygen atoms in total. The molecule has 5 heterocycles. The molecule has 0 aromatic heterocycles. The number of carbonyl (C=O) groups is 1. The molecular formula is C60H98O26. The van der Waals surface area contributed by atoms with Gasteiger partial charge in [0.25, 0.3) is 0 Å². The summed E-state index contributed by atoms with van der Waals surface area (Å²) in [5, 5.41) is 162. The standard InChI is InChI=1S/C60H98O26/c1-24-34(63)37(66)42(71)50(78-24)84-47-25(2)79-49(45(74)40(47)69)77-23-30-36(65)39(68)43(72)52(82-30)85-48-29(22-62)81-51(46(75)41(48)70)83-33-13-14-57(7)31(56(33,5)6)12-15-59(9)32(57)11-10-26-27-20-55(3,4)16-18-60(27,19-17-58(26,59)8)54(76)86-53-44(73)38(67)35(64)28(21-61)80-53/h10,24-25,27-53,61-75H,11-23H2,1-9H3/t24-,25-,27-,28+,29+,30+,31-,32+,33-,34-,35+,36-,37+,38-,39-,40-,41+,42-,43+,44+,45-,46+,47-,48+,49+,50-,51-,52-,53-,57-,58+,59+,60-/m0/s1. The lowest BCUT2D eigenvalue weighted by Crippen LogP contribution is -2.67. The Labute approximate surface area is 501 Å². The first-order valence-electron chi connectivity index (χ1n) is 31.1. The summed E-state index contributed by atoms with van der Waals surface area (Å²) in [5.74, 6) is -0.346. The van der Waals surface area contributed by atoms with Crippen molar-refractivity contribution in [1.82, 2.24) is 0 Å². The Balaban J connectivity index is 0.780. The molecule has 0 amide bonds. The number of esters is 1. The molecule has 26 heteroatoms. The maximum Gasteiger partial charge on any atom is 0.315 e. The van der Waals surface area contributed by atoms with Crippen LogP contribution >= 0.6 is 0 Å². The van der Waals surface area contributed by atoms with Gasteiger partial charge in [-0.05, 0) is 123 Å². The van der Waals surface area contributed by atoms with Gasteiger partial charge in [-0.1, -0.05) is 60.1 Å². The largest absolute Gasteiger partial charge is 0.432 e. The monoisotopic (exact) mass is 1230 g/mol. The summed E-state index contributed by atoms with van der Waals surface area (Å²) in [6, 6.07) is 0. The second-order valence-electron chi connectivity index (χ2n) is 29.1. The van der Waals surface area contributed by atoms with E-state index in [1.54, 1.807) is 0 Å². The zero-order chi connectivity index (χ0) is 62.9. The Morgan fingerprint density at radius 3 is 1.70 bits per heavy atom. The molecule has 0 aromatic rings. The van der Waals surface area contributed by atoms with Crippen LogP contribution < -0.4 is 0 Å². The van der Waals surface area contributed by atoms with Gasteiger partial charge in [-0.25, -0.2) is 0 Å². The molecule has 86 heavy (non-hydrogen) atoms. The molecule has 10 rings (SSSR count). The Morgan fingerprint density at radius 1 is 0.512 bits per heavy atom. The number of aliphatic hydroxyl groups excluding tert-OH is 15. The molecule has 9 fully saturated rings. The molecule has 10 aliphatic rings. The molecule has 15 N–H and O–H groups in total. The van der Waals surface area contributed by atoms with Crippen LogP contribution in [0.2, 0.25) is 0 Å². The highest BCUT2D eigenvalue weighted by molar-refractivity contribution is 5.79. The molecule has 0 unspecified atom stereocenters. The molecule has 0 spiro atoms. The summed E-state index contributed by atoms with van der Waals surface area (Å²) >= 11 is 0. The van der Waals surface area contributed by atoms with Crippen molar-refractivity contribution in [3.8, 4) is 0 Å². The number of allylic oxidation sites excluding steroid dienone is 2. The Morgan fingerprint density at radius 2 is 1.03 bits per heavy atom. The van der Waals surface area contributed by atoms with E-state index in [9.17, 15) is 81.4 Å². The minimum atomic E-state index is -1.94. The molecule has 33 atom stereocenters. The fourth-order valence-corrected chi connectivity index (χ4v) is 17.8. The molecule has 5 saturated heterocycles. The zero-order valence-corrected chi connectivity index (χ0v) is 50.7. The molecule has 5 aliphatic heterocycles. The van der Waals surface area contributed by atoms with Crippen LogP contribution in [0.25, 0.3) is 0 Å². The van der Waals surface area contributed by atoms with Crippen molar-refractivity contribution in [2.75, 3.05) is 19.8 Å². The lowest BCUT2D eigenvalue weighted by Gasteiger charge is -2.71. The van der Waals surface area contributed by atoms with E-state index in [1.165, 1.54) is 19.4 Å². The van der Waals surface area contributed by atoms with E-state index in [2.05, 4.69) is 54.5 Å². The molecule has 4 saturated carbocycles. The van der Waals surface area contributed by atoms with Gasteiger partial charge in [0.2, 0.25) is 6.29 Å². The highest BCUT2D eigenvalue weighted by Crippen LogP contribution is 2.76. The average molecular weight is 1240 g/mol. The van der Waals surface area contributed by atoms with E-state index < -0.39 is 196 Å². The van der Waals surface area contributed by atoms with Crippen molar-refractivity contribution in [1.29, 1.82) is 0 Å². The molecule has 5 aliphatic carbocycles. The maximum absolute atomic E-state index is 14.8. The number of fused-ring (bicyclic) bond motifs is 7. The van der Waals surface area contributed by atoms with Gasteiger partial charge in [-0.3, -0.25) is 4.79 Å². The van der Waals surface area contributed by atoms with E-state index in [1.807, 2.05) is 0 Å². The SMILES string of the molecule is C[C@@H]1O[C@@H](O[C@@H]2[C@@H](O)[C@H](O)[C@H](OC[C@H]3O[C@@H](O[C@H]4[C@H](O)[C@@H](O)[C@H](O[C@H]5CC[C@]6(C)[C@H]7CC=C8[C@@H]9CC(C)(C)CC[C@]9(C(=O)O[C@@H]9O[C@H](CO)[C@@H](O)[C@H](O)[C@H]9O)CC[C@@]8(C)[C@]7(C)CC[C@H]6C5(C)C)O[C@@H]4CO)[C@H](O)[C@@H](O)[C@H]3O)O[C@H]2C)[C@@H](O)[C@H](O)[C@H]1O. The van der Waals surface area contributed by atoms with Crippen molar-refractivity contribution in [3.63, 3.8) is 0 Å². The summed E-state index contributed by atoms with van der Waals surface area (Å²) in [6.45, 7) is 16.8. The van der Waals surface area contributed by atoms with Crippen molar-refractivity contribution < 1.29 is 129 Å². The normalized spacial score (nSPS) is 54.5. The van der Waals surface area contributed by atoms with E-state index in [0.29, 0.717) is 25.7 Å². The van der Waals surface area contributed by atoms with Crippen LogP contribution in [0.5, 0.6) is 0 Å². The van der Waals surface area contributed by atoms with Gasteiger partial charge < -0.3 is 124 Å². The third kappa shape index (κ3) is 11.2. The van der Waals surface area contributed by atoms with Crippen LogP contribution in [-0.4, -0.2) is 262 Å². The summed E-state index contributed by atoms with van der Waals surface area (Å²) < 4.78 is 59.2. The fourth-order valence-electron chi connectivity index (χ4n) is 17.8. The predicted octanol–water partition coefficient (Wildman–Crippen LogP) is -2.16. The minimum Gasteiger partial charge on any atom is -0.432 e. The molecule has 494 valence electrons. The third-order valence-corrected chi connectivity index (χ3v) is 23.4. The first kappa shape index (κ1) is 67.1. The highest BCUT2D eigenvalue weighted by Gasteiger charge is 2.70. The van der Waals surface area contributed by atoms with E-state index in [4.69, 9.17) is 47.4 Å². The molecule has 0 aromatic carbocycles. The van der Waals surface area contributed by atoms with Gasteiger partial charge in [0.1, 0.15) is 110 Å². The summed E-state index contributed by atoms with van der Waals surface area (Å²) in [5.41, 5.74) is -0.970. The number of ether oxygens (including phenoxy) is 10. The van der Waals surface area contributed by atoms with Crippen molar-refractivity contribution >= 4 is 5.97 Å². The van der Waals surface area contributed by atoms with E-state index in [-0.39, 0.29) is 39.4 Å². The summed E-state index contributed by atoms with van der Waals surface area (Å²) in [7, 11) is 0. The maximum atomic E-state index is 14.8. The fraction of sp³-hybridized carbons (Fsp3) is 0.950. The zero-order valence-electron chi connectivity index (χ0n) is 50.7. The van der Waals surface area contributed by atoms with Crippen LogP contribution in [0.1, 0.15) is 127 Å². The van der Waals surface area contributed by atoms with Gasteiger partial charge >= 0.3 is 5.97 Å². The highest BCUT2D eigenvalue weighted by atomic mass is 16.8. The van der Waals surface area contributed by atoms with Crippen LogP contribution in [0.3, 0.4) is 0 Å². The van der Waals surface area contributed by atoms with Gasteiger partial charge in [-0.2, -0.15) is 0 Å². The first-order chi connectivity index (χ1) is 40.2. The second kappa shape index (κ2) is 24.6. The third-order valence-electron chi connectivity index (χ3n) is 23.4. The Bertz CT molecular complexity index is 2400. The summed E-state index contributed by atoms with van der Waals surface area (Å²) in [6.07, 6.45) is -30.5. The van der Waals surface area contributed by atoms with Crippen LogP contribution in [0.4, 0.5) is 0 Å². The lowest BCUT2D eigenvalue weighted by molar-refractivity contribution is -0.375. The molecule has 0 bridgehead atoms. The van der Waals surface area contributed by atoms with Crippen molar-refractivity contribution in [2.24, 2.45) is 50.2 Å². The van der Waals surface area contributed by atoms with Gasteiger partial charge in [0.15, 0.2) is 25.2 Å². The lowest BCUT2D eigenvalue weighted by atomic mass is 9.33. The van der Waals surface area contributed by atoms with Crippen molar-refractivity contribution in [2.45, 2.75) is 286 Å². The topological polar surface area (TPSA) is 413 Å².